The highest BCUT2D eigenvalue weighted by molar-refractivity contribution is 5.88. The number of nitrogens with zero attached hydrogens (tertiary/aromatic N) is 2. The monoisotopic (exact) mass is 206 g/mol. The Bertz CT molecular complexity index is 418. The Morgan fingerprint density at radius 1 is 1.60 bits per heavy atom. The standard InChI is InChI=1S/C11H14N2O2/c1-13-6-5-12-10(13)7-8-3-2-4-9(8)11(14)15/h5-6H,2-4,7H2,1H3,(H,14,15). The van der Waals surface area contributed by atoms with Crippen LogP contribution in [0.2, 0.25) is 0 Å². The van der Waals surface area contributed by atoms with Crippen LogP contribution >= 0.6 is 0 Å². The Kier molecular flexibility index (Phi) is 2.58. The first kappa shape index (κ1) is 9.96. The van der Waals surface area contributed by atoms with Crippen molar-refractivity contribution in [1.29, 1.82) is 0 Å². The molecule has 1 N–H and O–H groups in total. The topological polar surface area (TPSA) is 55.1 Å². The van der Waals surface area contributed by atoms with Gasteiger partial charge in [0.15, 0.2) is 0 Å². The third-order valence-corrected chi connectivity index (χ3v) is 2.88. The van der Waals surface area contributed by atoms with Gasteiger partial charge in [0.1, 0.15) is 5.82 Å². The molecule has 0 fully saturated rings. The van der Waals surface area contributed by atoms with Crippen molar-refractivity contribution in [2.45, 2.75) is 25.7 Å². The Morgan fingerprint density at radius 3 is 3.00 bits per heavy atom. The smallest absolute Gasteiger partial charge is 0.331 e. The molecule has 4 nitrogen and oxygen atoms in total. The van der Waals surface area contributed by atoms with Crippen molar-refractivity contribution in [3.05, 3.63) is 29.4 Å². The normalized spacial score (nSPS) is 16.1. The van der Waals surface area contributed by atoms with Crippen molar-refractivity contribution >= 4 is 5.97 Å². The molecule has 0 amide bonds. The maximum atomic E-state index is 10.9. The van der Waals surface area contributed by atoms with E-state index in [1.54, 1.807) is 6.20 Å². The van der Waals surface area contributed by atoms with E-state index in [4.69, 9.17) is 5.11 Å². The van der Waals surface area contributed by atoms with Gasteiger partial charge < -0.3 is 9.67 Å². The van der Waals surface area contributed by atoms with Crippen molar-refractivity contribution in [3.8, 4) is 0 Å². The molecule has 1 aromatic heterocycles. The lowest BCUT2D eigenvalue weighted by Crippen LogP contribution is -2.04. The lowest BCUT2D eigenvalue weighted by molar-refractivity contribution is -0.132. The van der Waals surface area contributed by atoms with Gasteiger partial charge in [0.2, 0.25) is 0 Å². The molecule has 2 rings (SSSR count). The Hall–Kier alpha value is -1.58. The van der Waals surface area contributed by atoms with Crippen LogP contribution in [0.4, 0.5) is 0 Å². The van der Waals surface area contributed by atoms with Gasteiger partial charge in [0, 0.05) is 31.4 Å². The summed E-state index contributed by atoms with van der Waals surface area (Å²) in [6, 6.07) is 0. The van der Waals surface area contributed by atoms with Gasteiger partial charge in [-0.05, 0) is 19.3 Å². The number of hydrogen-bond donors (Lipinski definition) is 1. The minimum atomic E-state index is -0.767. The van der Waals surface area contributed by atoms with E-state index in [1.165, 1.54) is 0 Å². The van der Waals surface area contributed by atoms with E-state index in [-0.39, 0.29) is 0 Å². The minimum absolute atomic E-state index is 0.595. The number of carboxylic acids is 1. The van der Waals surface area contributed by atoms with Gasteiger partial charge >= 0.3 is 5.97 Å². The van der Waals surface area contributed by atoms with E-state index in [1.807, 2.05) is 17.8 Å². The zero-order valence-corrected chi connectivity index (χ0v) is 8.73. The van der Waals surface area contributed by atoms with E-state index < -0.39 is 5.97 Å². The van der Waals surface area contributed by atoms with Gasteiger partial charge in [-0.1, -0.05) is 5.57 Å². The molecule has 1 heterocycles. The van der Waals surface area contributed by atoms with Crippen molar-refractivity contribution < 1.29 is 9.90 Å². The van der Waals surface area contributed by atoms with Gasteiger partial charge in [-0.25, -0.2) is 9.78 Å². The Morgan fingerprint density at radius 2 is 2.40 bits per heavy atom. The van der Waals surface area contributed by atoms with Crippen LogP contribution in [0.5, 0.6) is 0 Å². The van der Waals surface area contributed by atoms with Crippen LogP contribution in [0.25, 0.3) is 0 Å². The first-order valence-electron chi connectivity index (χ1n) is 5.09. The molecule has 80 valence electrons. The zero-order valence-electron chi connectivity index (χ0n) is 8.73. The number of imidazole rings is 1. The van der Waals surface area contributed by atoms with Gasteiger partial charge in [-0.15, -0.1) is 0 Å². The summed E-state index contributed by atoms with van der Waals surface area (Å²) in [5, 5.41) is 9.00. The highest BCUT2D eigenvalue weighted by atomic mass is 16.4. The molecule has 15 heavy (non-hydrogen) atoms. The predicted octanol–water partition coefficient (Wildman–Crippen LogP) is 1.53. The van der Waals surface area contributed by atoms with Gasteiger partial charge in [-0.3, -0.25) is 0 Å². The molecule has 0 atom stereocenters. The molecular weight excluding hydrogens is 192 g/mol. The van der Waals surface area contributed by atoms with Crippen LogP contribution in [-0.4, -0.2) is 20.6 Å². The number of carboxylic acid groups (broad SMARTS) is 1. The van der Waals surface area contributed by atoms with Crippen LogP contribution in [0.1, 0.15) is 25.1 Å². The second kappa shape index (κ2) is 3.88. The molecule has 1 aromatic rings. The maximum Gasteiger partial charge on any atom is 0.331 e. The average Bonchev–Trinajstić information content (AvgIpc) is 2.77. The summed E-state index contributed by atoms with van der Waals surface area (Å²) in [6.45, 7) is 0. The number of rotatable bonds is 3. The number of aryl methyl sites for hydroxylation is 1. The first-order valence-corrected chi connectivity index (χ1v) is 5.09. The predicted molar refractivity (Wildman–Crippen MR) is 55.4 cm³/mol. The van der Waals surface area contributed by atoms with E-state index in [0.717, 1.165) is 24.2 Å². The molecule has 0 spiro atoms. The van der Waals surface area contributed by atoms with Crippen LogP contribution in [0.3, 0.4) is 0 Å². The number of allylic oxidation sites excluding steroid dienone is 1. The highest BCUT2D eigenvalue weighted by Gasteiger charge is 2.20. The van der Waals surface area contributed by atoms with Crippen molar-refractivity contribution in [1.82, 2.24) is 9.55 Å². The van der Waals surface area contributed by atoms with Gasteiger partial charge in [0.05, 0.1) is 0 Å². The molecule has 0 aromatic carbocycles. The lowest BCUT2D eigenvalue weighted by atomic mass is 10.1. The number of hydrogen-bond acceptors (Lipinski definition) is 2. The summed E-state index contributed by atoms with van der Waals surface area (Å²) < 4.78 is 1.94. The second-order valence-corrected chi connectivity index (χ2v) is 3.87. The molecule has 1 aliphatic carbocycles. The molecule has 0 saturated carbocycles. The minimum Gasteiger partial charge on any atom is -0.478 e. The Balaban J connectivity index is 2.22. The highest BCUT2D eigenvalue weighted by Crippen LogP contribution is 2.28. The summed E-state index contributed by atoms with van der Waals surface area (Å²) in [6.07, 6.45) is 6.85. The van der Waals surface area contributed by atoms with E-state index in [0.29, 0.717) is 18.4 Å². The van der Waals surface area contributed by atoms with Crippen molar-refractivity contribution in [2.75, 3.05) is 0 Å². The quantitative estimate of drug-likeness (QED) is 0.815. The number of aliphatic carboxylic acids is 1. The summed E-state index contributed by atoms with van der Waals surface area (Å²) >= 11 is 0. The first-order chi connectivity index (χ1) is 7.18. The summed E-state index contributed by atoms with van der Waals surface area (Å²) in [7, 11) is 1.93. The maximum absolute atomic E-state index is 10.9. The van der Waals surface area contributed by atoms with Crippen LogP contribution in [0, 0.1) is 0 Å². The van der Waals surface area contributed by atoms with E-state index in [2.05, 4.69) is 4.98 Å². The van der Waals surface area contributed by atoms with Gasteiger partial charge in [-0.2, -0.15) is 0 Å². The van der Waals surface area contributed by atoms with E-state index in [9.17, 15) is 4.79 Å². The molecule has 0 bridgehead atoms. The molecule has 0 aliphatic heterocycles. The molecular formula is C11H14N2O2. The van der Waals surface area contributed by atoms with Crippen LogP contribution in [-0.2, 0) is 18.3 Å². The summed E-state index contributed by atoms with van der Waals surface area (Å²) in [5.41, 5.74) is 1.63. The van der Waals surface area contributed by atoms with E-state index >= 15 is 0 Å². The summed E-state index contributed by atoms with van der Waals surface area (Å²) in [5.74, 6) is 0.169. The van der Waals surface area contributed by atoms with Crippen LogP contribution < -0.4 is 0 Å². The Labute approximate surface area is 88.3 Å². The van der Waals surface area contributed by atoms with Crippen LogP contribution in [0.15, 0.2) is 23.5 Å². The molecule has 4 heteroatoms. The van der Waals surface area contributed by atoms with Gasteiger partial charge in [0.25, 0.3) is 0 Å². The average molecular weight is 206 g/mol. The molecule has 1 aliphatic rings. The second-order valence-electron chi connectivity index (χ2n) is 3.87. The molecule has 0 saturated heterocycles. The zero-order chi connectivity index (χ0) is 10.8. The van der Waals surface area contributed by atoms with Crippen molar-refractivity contribution in [2.24, 2.45) is 7.05 Å². The van der Waals surface area contributed by atoms with Crippen molar-refractivity contribution in [3.63, 3.8) is 0 Å². The fourth-order valence-electron chi connectivity index (χ4n) is 2.02. The molecule has 0 radical (unpaired) electrons. The third kappa shape index (κ3) is 1.93. The lowest BCUT2D eigenvalue weighted by Gasteiger charge is -2.04. The SMILES string of the molecule is Cn1ccnc1CC1=C(C(=O)O)CCC1. The number of aromatic nitrogens is 2. The third-order valence-electron chi connectivity index (χ3n) is 2.88. The fraction of sp³-hybridized carbons (Fsp3) is 0.455. The summed E-state index contributed by atoms with van der Waals surface area (Å²) in [4.78, 5) is 15.1. The molecule has 0 unspecified atom stereocenters. The largest absolute Gasteiger partial charge is 0.478 e. The fourth-order valence-corrected chi connectivity index (χ4v) is 2.02. The number of carbonyl (C=O) groups is 1.